The summed E-state index contributed by atoms with van der Waals surface area (Å²) in [5, 5.41) is 0. The molecular weight excluding hydrogens is 336 g/mol. The van der Waals surface area contributed by atoms with E-state index in [-0.39, 0.29) is 11.7 Å². The normalized spacial score (nSPS) is 17.4. The van der Waals surface area contributed by atoms with Crippen molar-refractivity contribution in [3.8, 4) is 5.75 Å². The Hall–Kier alpha value is -2.10. The van der Waals surface area contributed by atoms with Crippen molar-refractivity contribution in [3.05, 3.63) is 47.0 Å². The number of carbonyl (C=O) groups is 1. The van der Waals surface area contributed by atoms with E-state index >= 15 is 0 Å². The number of Topliss-reactive ketones (excluding diaryl/α,β-unsaturated/α-hetero) is 1. The summed E-state index contributed by atoms with van der Waals surface area (Å²) < 4.78 is 8.22. The fourth-order valence-corrected chi connectivity index (χ4v) is 4.14. The Morgan fingerprint density at radius 3 is 2.70 bits per heavy atom. The second-order valence-corrected chi connectivity index (χ2v) is 8.13. The summed E-state index contributed by atoms with van der Waals surface area (Å²) in [7, 11) is 0. The molecule has 27 heavy (non-hydrogen) atoms. The minimum absolute atomic E-state index is 0.0119. The molecule has 0 amide bonds. The number of carbonyl (C=O) groups excluding carboxylic acids is 1. The third-order valence-corrected chi connectivity index (χ3v) is 6.13. The summed E-state index contributed by atoms with van der Waals surface area (Å²) in [6.45, 7) is 5.63. The molecule has 1 atom stereocenters. The van der Waals surface area contributed by atoms with Gasteiger partial charge in [0.2, 0.25) is 0 Å². The molecule has 0 spiro atoms. The summed E-state index contributed by atoms with van der Waals surface area (Å²) in [6, 6.07) is 4.08. The van der Waals surface area contributed by atoms with E-state index in [1.165, 1.54) is 30.4 Å². The molecule has 1 aromatic heterocycles. The van der Waals surface area contributed by atoms with Crippen LogP contribution < -0.4 is 4.74 Å². The lowest BCUT2D eigenvalue weighted by Gasteiger charge is -2.24. The van der Waals surface area contributed by atoms with Gasteiger partial charge in [0.1, 0.15) is 11.6 Å². The minimum Gasteiger partial charge on any atom is -0.493 e. The quantitative estimate of drug-likeness (QED) is 0.632. The number of ketones is 1. The second-order valence-electron chi connectivity index (χ2n) is 8.13. The van der Waals surface area contributed by atoms with Gasteiger partial charge in [0.15, 0.2) is 5.78 Å². The Kier molecular flexibility index (Phi) is 5.33. The monoisotopic (exact) mass is 366 g/mol. The zero-order valence-corrected chi connectivity index (χ0v) is 16.5. The van der Waals surface area contributed by atoms with Crippen molar-refractivity contribution in [2.24, 2.45) is 11.8 Å². The highest BCUT2D eigenvalue weighted by Gasteiger charge is 2.27. The van der Waals surface area contributed by atoms with Gasteiger partial charge in [-0.05, 0) is 81.0 Å². The highest BCUT2D eigenvalue weighted by atomic mass is 16.5. The fourth-order valence-electron chi connectivity index (χ4n) is 4.14. The molecule has 4 heteroatoms. The van der Waals surface area contributed by atoms with Crippen LogP contribution in [0.4, 0.5) is 0 Å². The largest absolute Gasteiger partial charge is 0.493 e. The van der Waals surface area contributed by atoms with Crippen LogP contribution >= 0.6 is 0 Å². The van der Waals surface area contributed by atoms with Crippen molar-refractivity contribution >= 4 is 5.78 Å². The minimum atomic E-state index is -0.0119. The zero-order chi connectivity index (χ0) is 18.8. The van der Waals surface area contributed by atoms with E-state index in [1.54, 1.807) is 6.20 Å². The van der Waals surface area contributed by atoms with Crippen LogP contribution in [-0.4, -0.2) is 21.9 Å². The van der Waals surface area contributed by atoms with E-state index in [4.69, 9.17) is 4.74 Å². The number of aryl methyl sites for hydroxylation is 1. The molecule has 1 fully saturated rings. The summed E-state index contributed by atoms with van der Waals surface area (Å²) in [6.07, 6.45) is 11.6. The number of nitrogens with zero attached hydrogens (tertiary/aromatic N) is 2. The van der Waals surface area contributed by atoms with Crippen molar-refractivity contribution in [2.45, 2.75) is 65.3 Å². The van der Waals surface area contributed by atoms with E-state index in [2.05, 4.69) is 22.5 Å². The number of benzene rings is 1. The van der Waals surface area contributed by atoms with Crippen LogP contribution in [-0.2, 0) is 19.4 Å². The average Bonchev–Trinajstić information content (AvgIpc) is 3.44. The van der Waals surface area contributed by atoms with E-state index in [1.807, 2.05) is 19.2 Å². The van der Waals surface area contributed by atoms with E-state index < -0.39 is 0 Å². The molecule has 0 aliphatic heterocycles. The summed E-state index contributed by atoms with van der Waals surface area (Å²) in [4.78, 5) is 17.7. The molecule has 0 saturated heterocycles. The Bertz CT molecular complexity index is 820. The molecule has 2 aliphatic carbocycles. The highest BCUT2D eigenvalue weighted by Crippen LogP contribution is 2.36. The van der Waals surface area contributed by atoms with Crippen LogP contribution in [0, 0.1) is 18.8 Å². The number of imidazole rings is 1. The van der Waals surface area contributed by atoms with Crippen molar-refractivity contribution in [2.75, 3.05) is 6.61 Å². The van der Waals surface area contributed by atoms with Gasteiger partial charge in [-0.25, -0.2) is 4.98 Å². The molecule has 1 saturated carbocycles. The third kappa shape index (κ3) is 3.95. The summed E-state index contributed by atoms with van der Waals surface area (Å²) in [5.74, 6) is 2.99. The smallest absolute Gasteiger partial charge is 0.168 e. The first-order valence-corrected chi connectivity index (χ1v) is 10.5. The second kappa shape index (κ2) is 7.87. The van der Waals surface area contributed by atoms with E-state index in [0.29, 0.717) is 6.54 Å². The summed E-state index contributed by atoms with van der Waals surface area (Å²) >= 11 is 0. The summed E-state index contributed by atoms with van der Waals surface area (Å²) in [5.41, 5.74) is 3.47. The van der Waals surface area contributed by atoms with Crippen LogP contribution in [0.5, 0.6) is 5.75 Å². The Morgan fingerprint density at radius 2 is 2.04 bits per heavy atom. The van der Waals surface area contributed by atoms with Crippen LogP contribution in [0.2, 0.25) is 0 Å². The molecule has 4 rings (SSSR count). The Balaban J connectivity index is 1.59. The van der Waals surface area contributed by atoms with Crippen LogP contribution in [0.1, 0.15) is 66.3 Å². The SMILES string of the molecule is CCC(Cn1ccnc1C)C(=O)c1ccc(OCC2CC2)c2c1CCCC2. The zero-order valence-electron chi connectivity index (χ0n) is 16.5. The van der Waals surface area contributed by atoms with Crippen LogP contribution in [0.25, 0.3) is 0 Å². The fraction of sp³-hybridized carbons (Fsp3) is 0.565. The van der Waals surface area contributed by atoms with Gasteiger partial charge in [-0.1, -0.05) is 6.92 Å². The maximum atomic E-state index is 13.4. The maximum absolute atomic E-state index is 13.4. The number of hydrogen-bond donors (Lipinski definition) is 0. The number of rotatable bonds is 8. The number of aromatic nitrogens is 2. The van der Waals surface area contributed by atoms with Gasteiger partial charge < -0.3 is 9.30 Å². The molecule has 1 unspecified atom stereocenters. The molecule has 0 N–H and O–H groups in total. The number of ether oxygens (including phenoxy) is 1. The first kappa shape index (κ1) is 18.3. The molecule has 1 heterocycles. The molecule has 144 valence electrons. The van der Waals surface area contributed by atoms with Gasteiger partial charge in [0.05, 0.1) is 6.61 Å². The first-order chi connectivity index (χ1) is 13.2. The van der Waals surface area contributed by atoms with Crippen molar-refractivity contribution in [1.29, 1.82) is 0 Å². The van der Waals surface area contributed by atoms with E-state index in [0.717, 1.165) is 55.3 Å². The standard InChI is InChI=1S/C23H30N2O2/c1-3-18(14-25-13-12-24-16(25)2)23(26)21-10-11-22(27-15-17-8-9-17)20-7-5-4-6-19(20)21/h10-13,17-18H,3-9,14-15H2,1-2H3. The molecule has 2 aromatic rings. The molecule has 0 radical (unpaired) electrons. The number of fused-ring (bicyclic) bond motifs is 1. The predicted octanol–water partition coefficient (Wildman–Crippen LogP) is 4.77. The molecular formula is C23H30N2O2. The van der Waals surface area contributed by atoms with Gasteiger partial charge in [-0.2, -0.15) is 0 Å². The molecule has 1 aromatic carbocycles. The van der Waals surface area contributed by atoms with Crippen molar-refractivity contribution in [3.63, 3.8) is 0 Å². The van der Waals surface area contributed by atoms with Crippen molar-refractivity contribution in [1.82, 2.24) is 9.55 Å². The van der Waals surface area contributed by atoms with Gasteiger partial charge in [0.25, 0.3) is 0 Å². The van der Waals surface area contributed by atoms with Crippen molar-refractivity contribution < 1.29 is 9.53 Å². The number of hydrogen-bond acceptors (Lipinski definition) is 3. The topological polar surface area (TPSA) is 44.1 Å². The highest BCUT2D eigenvalue weighted by molar-refractivity contribution is 5.99. The predicted molar refractivity (Wildman–Crippen MR) is 106 cm³/mol. The maximum Gasteiger partial charge on any atom is 0.168 e. The first-order valence-electron chi connectivity index (χ1n) is 10.5. The Morgan fingerprint density at radius 1 is 1.26 bits per heavy atom. The average molecular weight is 367 g/mol. The van der Waals surface area contributed by atoms with Gasteiger partial charge in [-0.3, -0.25) is 4.79 Å². The Labute approximate surface area is 161 Å². The lowest BCUT2D eigenvalue weighted by molar-refractivity contribution is 0.0901. The van der Waals surface area contributed by atoms with Gasteiger partial charge in [0, 0.05) is 30.4 Å². The molecule has 0 bridgehead atoms. The third-order valence-electron chi connectivity index (χ3n) is 6.13. The van der Waals surface area contributed by atoms with Crippen LogP contribution in [0.3, 0.4) is 0 Å². The van der Waals surface area contributed by atoms with Crippen LogP contribution in [0.15, 0.2) is 24.5 Å². The van der Waals surface area contributed by atoms with Gasteiger partial charge in [-0.15, -0.1) is 0 Å². The van der Waals surface area contributed by atoms with E-state index in [9.17, 15) is 4.79 Å². The molecule has 2 aliphatic rings. The van der Waals surface area contributed by atoms with Gasteiger partial charge >= 0.3 is 0 Å². The molecule has 4 nitrogen and oxygen atoms in total. The lowest BCUT2D eigenvalue weighted by Crippen LogP contribution is -2.23. The lowest BCUT2D eigenvalue weighted by atomic mass is 9.83.